The van der Waals surface area contributed by atoms with Gasteiger partial charge in [0, 0.05) is 58.5 Å². The molecule has 0 radical (unpaired) electrons. The largest absolute Gasteiger partial charge is 0.353 e. The van der Waals surface area contributed by atoms with Gasteiger partial charge in [0.05, 0.1) is 78.7 Å². The zero-order chi connectivity index (χ0) is 80.6. The maximum absolute atomic E-state index is 5.94. The predicted octanol–water partition coefficient (Wildman–Crippen LogP) is 28.3. The van der Waals surface area contributed by atoms with Crippen LogP contribution in [0.2, 0.25) is 0 Å². The molecule has 6 aromatic carbocycles. The van der Waals surface area contributed by atoms with Gasteiger partial charge in [-0.05, 0) is 235 Å². The average molecular weight is 1500 g/mol. The van der Waals surface area contributed by atoms with Crippen molar-refractivity contribution >= 4 is 92.7 Å². The van der Waals surface area contributed by atoms with Gasteiger partial charge >= 0.3 is 0 Å². The van der Waals surface area contributed by atoms with Gasteiger partial charge in [-0.25, -0.2) is 19.9 Å². The molecule has 11 aromatic rings. The molecule has 0 unspecified atom stereocenters. The maximum atomic E-state index is 5.94. The van der Waals surface area contributed by atoms with Gasteiger partial charge in [0.25, 0.3) is 0 Å². The second-order valence-corrected chi connectivity index (χ2v) is 39.5. The molecule has 0 spiro atoms. The first kappa shape index (κ1) is 78.1. The number of benzene rings is 6. The second kappa shape index (κ2) is 30.3. The smallest absolute Gasteiger partial charge is 0.0738 e. The second-order valence-electron chi connectivity index (χ2n) is 39.5. The summed E-state index contributed by atoms with van der Waals surface area (Å²) in [5.41, 5.74) is 35.7. The summed E-state index contributed by atoms with van der Waals surface area (Å²) in [6, 6.07) is 72.3. The molecule has 9 heterocycles. The topological polar surface area (TPSA) is 93.0 Å². The van der Waals surface area contributed by atoms with Crippen LogP contribution in [0, 0.1) is 32.5 Å². The third kappa shape index (κ3) is 17.0. The minimum atomic E-state index is -0.0152. The van der Waals surface area contributed by atoms with E-state index in [2.05, 4.69) is 401 Å². The number of H-pyrrole nitrogens is 2. The summed E-state index contributed by atoms with van der Waals surface area (Å²) < 4.78 is 4.77. The Labute approximate surface area is 677 Å². The molecule has 8 heteroatoms. The maximum Gasteiger partial charge on any atom is 0.0738 e. The highest BCUT2D eigenvalue weighted by atomic mass is 15.0. The van der Waals surface area contributed by atoms with E-state index in [4.69, 9.17) is 19.9 Å². The number of nitrogens with zero attached hydrogens (tertiary/aromatic N) is 6. The van der Waals surface area contributed by atoms with Gasteiger partial charge in [0.2, 0.25) is 0 Å². The van der Waals surface area contributed by atoms with Gasteiger partial charge in [-0.1, -0.05) is 270 Å². The van der Waals surface area contributed by atoms with Crippen LogP contribution in [0.1, 0.15) is 204 Å². The molecule has 0 saturated heterocycles. The number of hydrogen-bond donors (Lipinski definition) is 2. The van der Waals surface area contributed by atoms with Gasteiger partial charge in [-0.15, -0.1) is 0 Å². The Balaban J connectivity index is 1.13. The van der Waals surface area contributed by atoms with Crippen LogP contribution in [0.15, 0.2) is 194 Å². The minimum absolute atomic E-state index is 0.00451. The van der Waals surface area contributed by atoms with E-state index >= 15 is 0 Å². The Morgan fingerprint density at radius 1 is 0.237 bits per heavy atom. The van der Waals surface area contributed by atoms with Crippen LogP contribution in [0.5, 0.6) is 0 Å². The fourth-order valence-electron chi connectivity index (χ4n) is 17.4. The predicted molar refractivity (Wildman–Crippen MR) is 490 cm³/mol. The minimum Gasteiger partial charge on any atom is -0.353 e. The number of hydrogen-bond acceptors (Lipinski definition) is 4. The summed E-state index contributed by atoms with van der Waals surface area (Å²) in [4.78, 5) is 31.8. The highest BCUT2D eigenvalue weighted by Crippen LogP contribution is 2.45. The summed E-state index contributed by atoms with van der Waals surface area (Å²) in [5, 5.41) is 0. The lowest BCUT2D eigenvalue weighted by atomic mass is 9.84. The molecule has 5 aromatic heterocycles. The third-order valence-corrected chi connectivity index (χ3v) is 21.8. The molecular weight excluding hydrogens is 1390 g/mol. The molecule has 15 rings (SSSR count). The SMILES string of the molecule is Cn1c2ccc1c1ccc(c(-c3cccc(CC(C)(C)C)c3)c3nc(c(-c4ccccc4CC(C)(C)C)c4nc(c(-c5ccccc5CC(C)(C)C)c5ccc([nH]5)c5ccc([nH]5)c(-c5ccccc5CC(C)(C)C)c5nc(c(-c6ccccc6CC(C)(C)C)c6nc(c2-c2cccc(CC(C)(C)C)c2)C=C6)C=C5)C=C4)C=C3)n1C. The van der Waals surface area contributed by atoms with Crippen molar-refractivity contribution in [1.82, 2.24) is 39.0 Å². The molecule has 578 valence electrons. The lowest BCUT2D eigenvalue weighted by molar-refractivity contribution is 0.411. The van der Waals surface area contributed by atoms with Crippen LogP contribution in [-0.4, -0.2) is 39.0 Å². The third-order valence-electron chi connectivity index (χ3n) is 21.8. The molecule has 4 aliphatic rings. The summed E-state index contributed by atoms with van der Waals surface area (Å²) in [5.74, 6) is 0. The van der Waals surface area contributed by atoms with Crippen LogP contribution in [0.4, 0.5) is 0 Å². The van der Waals surface area contributed by atoms with Gasteiger partial charge in [0.1, 0.15) is 0 Å². The van der Waals surface area contributed by atoms with Crippen molar-refractivity contribution in [3.05, 3.63) is 273 Å². The summed E-state index contributed by atoms with van der Waals surface area (Å²) in [6.45, 7) is 41.9. The van der Waals surface area contributed by atoms with Gasteiger partial charge < -0.3 is 19.1 Å². The molecule has 8 nitrogen and oxygen atoms in total. The Hall–Kier alpha value is -11.2. The Morgan fingerprint density at radius 2 is 0.482 bits per heavy atom. The van der Waals surface area contributed by atoms with Crippen molar-refractivity contribution in [3.63, 3.8) is 0 Å². The van der Waals surface area contributed by atoms with Gasteiger partial charge in [-0.3, -0.25) is 0 Å². The molecule has 0 fully saturated rings. The Kier molecular flexibility index (Phi) is 20.7. The van der Waals surface area contributed by atoms with Gasteiger partial charge in [-0.2, -0.15) is 0 Å². The van der Waals surface area contributed by atoms with Crippen LogP contribution in [-0.2, 0) is 52.6 Å². The van der Waals surface area contributed by atoms with Crippen LogP contribution < -0.4 is 0 Å². The molecule has 2 N–H and O–H groups in total. The number of fused-ring (bicyclic) bond motifs is 18. The Morgan fingerprint density at radius 3 is 0.772 bits per heavy atom. The molecule has 0 aliphatic carbocycles. The average Bonchev–Trinajstić information content (AvgIpc) is 1.61. The monoisotopic (exact) mass is 1500 g/mol. The lowest BCUT2D eigenvalue weighted by Gasteiger charge is -2.21. The fraction of sp³-hybridized carbons (Fsp3) is 0.302. The first-order chi connectivity index (χ1) is 54.0. The number of aromatic nitrogens is 8. The molecular formula is C106H114N8. The molecule has 0 saturated carbocycles. The van der Waals surface area contributed by atoms with E-state index in [9.17, 15) is 0 Å². The van der Waals surface area contributed by atoms with E-state index < -0.39 is 0 Å². The van der Waals surface area contributed by atoms with E-state index in [1.54, 1.807) is 0 Å². The lowest BCUT2D eigenvalue weighted by Crippen LogP contribution is -2.10. The summed E-state index contributed by atoms with van der Waals surface area (Å²) in [6.07, 6.45) is 23.2. The highest BCUT2D eigenvalue weighted by Gasteiger charge is 2.29. The van der Waals surface area contributed by atoms with Crippen molar-refractivity contribution in [2.45, 2.75) is 163 Å². The molecule has 4 aliphatic heterocycles. The van der Waals surface area contributed by atoms with E-state index in [0.717, 1.165) is 195 Å². The van der Waals surface area contributed by atoms with Gasteiger partial charge in [0.15, 0.2) is 0 Å². The first-order valence-electron chi connectivity index (χ1n) is 41.1. The fourth-order valence-corrected chi connectivity index (χ4v) is 17.4. The van der Waals surface area contributed by atoms with E-state index in [1.165, 1.54) is 33.4 Å². The standard InChI is InChI=1S/C106H114N8/c1-101(2,3)61-67-31-29-37-69(59-67)95-81-47-49-85(109-81)99(77-41-27-23-35-73(77)65-105(13,14)15)89-53-51-87(111-89)97(75-39-25-21-33-71(75)63-103(7,8)9)83-45-43-79(107-83)80-44-46-84(108-80)98(76-40-26-22-34-72(76)64-104(10,11)12)88-52-54-90(112-88)100(78-42-28-24-36-74(78)66-106(16,17)18)86-50-48-82(110-86)96(70-38-30-32-68(60-70)62-102(4,5)6)94-58-56-92(114(94)20)91-55-57-93(95)113(91)19/h21-60,107-108H,61-66H2,1-20H3. The van der Waals surface area contributed by atoms with Crippen molar-refractivity contribution in [1.29, 1.82) is 0 Å². The normalized spacial score (nSPS) is 13.2. The zero-order valence-corrected chi connectivity index (χ0v) is 71.0. The molecule has 0 atom stereocenters. The first-order valence-corrected chi connectivity index (χ1v) is 41.1. The van der Waals surface area contributed by atoms with Crippen molar-refractivity contribution in [2.75, 3.05) is 0 Å². The number of rotatable bonds is 12. The summed E-state index contributed by atoms with van der Waals surface area (Å²) in [7, 11) is 4.45. The van der Waals surface area contributed by atoms with Crippen LogP contribution in [0.3, 0.4) is 0 Å². The zero-order valence-electron chi connectivity index (χ0n) is 71.0. The molecule has 16 bridgehead atoms. The molecule has 114 heavy (non-hydrogen) atoms. The molecule has 0 amide bonds. The van der Waals surface area contributed by atoms with E-state index in [0.29, 0.717) is 0 Å². The van der Waals surface area contributed by atoms with Crippen LogP contribution in [0.25, 0.3) is 160 Å². The summed E-state index contributed by atoms with van der Waals surface area (Å²) >= 11 is 0. The van der Waals surface area contributed by atoms with Crippen molar-refractivity contribution in [3.8, 4) is 66.8 Å². The quantitative estimate of drug-likeness (QED) is 0.127. The van der Waals surface area contributed by atoms with Crippen molar-refractivity contribution < 1.29 is 0 Å². The van der Waals surface area contributed by atoms with Crippen molar-refractivity contribution in [2.24, 2.45) is 46.6 Å². The Bertz CT molecular complexity index is 5820. The number of nitrogens with one attached hydrogen (secondary N) is 2. The number of aromatic amines is 2. The number of aryl methyl sites for hydroxylation is 2. The highest BCUT2D eigenvalue weighted by molar-refractivity contribution is 6.02. The van der Waals surface area contributed by atoms with Crippen LogP contribution >= 0.6 is 0 Å². The van der Waals surface area contributed by atoms with E-state index in [1.807, 2.05) is 0 Å². The van der Waals surface area contributed by atoms with E-state index in [-0.39, 0.29) is 32.5 Å².